The summed E-state index contributed by atoms with van der Waals surface area (Å²) in [4.78, 5) is 11.6. The Balaban J connectivity index is 1.95. The Morgan fingerprint density at radius 3 is 2.71 bits per heavy atom. The third-order valence-electron chi connectivity index (χ3n) is 2.04. The number of hydrogen-bond acceptors (Lipinski definition) is 2. The highest BCUT2D eigenvalue weighted by atomic mass is 79.9. The summed E-state index contributed by atoms with van der Waals surface area (Å²) >= 11 is 3.24. The molecule has 0 saturated heterocycles. The highest BCUT2D eigenvalue weighted by Gasteiger charge is 2.04. The van der Waals surface area contributed by atoms with E-state index in [0.717, 1.165) is 4.47 Å². The number of anilines is 1. The summed E-state index contributed by atoms with van der Waals surface area (Å²) in [5.41, 5.74) is 0.558. The molecule has 6 heteroatoms. The molecule has 1 heterocycles. The SMILES string of the molecule is O=C(Cn1cc(Br)cn1)Nc1ccc(F)cc1. The van der Waals surface area contributed by atoms with Crippen LogP contribution in [0.3, 0.4) is 0 Å². The van der Waals surface area contributed by atoms with Gasteiger partial charge in [-0.3, -0.25) is 9.48 Å². The fourth-order valence-electron chi connectivity index (χ4n) is 1.31. The van der Waals surface area contributed by atoms with Crippen molar-refractivity contribution in [3.8, 4) is 0 Å². The third kappa shape index (κ3) is 3.39. The molecule has 0 radical (unpaired) electrons. The molecule has 0 fully saturated rings. The van der Waals surface area contributed by atoms with Gasteiger partial charge >= 0.3 is 0 Å². The molecule has 1 N–H and O–H groups in total. The molecule has 0 saturated carbocycles. The van der Waals surface area contributed by atoms with Gasteiger partial charge in [0.25, 0.3) is 0 Å². The van der Waals surface area contributed by atoms with Crippen LogP contribution in [0.2, 0.25) is 0 Å². The van der Waals surface area contributed by atoms with Gasteiger partial charge in [0.05, 0.1) is 10.7 Å². The Kier molecular flexibility index (Phi) is 3.53. The van der Waals surface area contributed by atoms with Gasteiger partial charge in [0.2, 0.25) is 5.91 Å². The molecule has 0 aliphatic rings. The topological polar surface area (TPSA) is 46.9 Å². The fourth-order valence-corrected chi connectivity index (χ4v) is 1.63. The zero-order chi connectivity index (χ0) is 12.3. The maximum atomic E-state index is 12.6. The number of nitrogens with zero attached hydrogens (tertiary/aromatic N) is 2. The summed E-state index contributed by atoms with van der Waals surface area (Å²) in [5, 5.41) is 6.61. The van der Waals surface area contributed by atoms with E-state index in [1.54, 1.807) is 12.4 Å². The quantitative estimate of drug-likeness (QED) is 0.946. The first-order valence-corrected chi connectivity index (χ1v) is 5.66. The summed E-state index contributed by atoms with van der Waals surface area (Å²) in [7, 11) is 0. The zero-order valence-corrected chi connectivity index (χ0v) is 10.3. The van der Waals surface area contributed by atoms with Crippen LogP contribution in [0.5, 0.6) is 0 Å². The van der Waals surface area contributed by atoms with Crippen molar-refractivity contribution < 1.29 is 9.18 Å². The van der Waals surface area contributed by atoms with Gasteiger partial charge in [0.1, 0.15) is 12.4 Å². The van der Waals surface area contributed by atoms with Crippen molar-refractivity contribution >= 4 is 27.5 Å². The molecule has 0 spiro atoms. The summed E-state index contributed by atoms with van der Waals surface area (Å²) in [5.74, 6) is -0.550. The van der Waals surface area contributed by atoms with Crippen LogP contribution in [0.25, 0.3) is 0 Å². The van der Waals surface area contributed by atoms with Crippen LogP contribution >= 0.6 is 15.9 Å². The average molecular weight is 298 g/mol. The minimum atomic E-state index is -0.334. The lowest BCUT2D eigenvalue weighted by Gasteiger charge is -2.04. The summed E-state index contributed by atoms with van der Waals surface area (Å²) < 4.78 is 15.0. The largest absolute Gasteiger partial charge is 0.324 e. The number of amides is 1. The van der Waals surface area contributed by atoms with Crippen LogP contribution in [-0.2, 0) is 11.3 Å². The van der Waals surface area contributed by atoms with E-state index < -0.39 is 0 Å². The Morgan fingerprint density at radius 1 is 1.41 bits per heavy atom. The molecule has 2 rings (SSSR count). The number of carbonyl (C=O) groups is 1. The molecule has 0 bridgehead atoms. The van der Waals surface area contributed by atoms with E-state index in [1.807, 2.05) is 0 Å². The van der Waals surface area contributed by atoms with Gasteiger partial charge in [-0.25, -0.2) is 4.39 Å². The smallest absolute Gasteiger partial charge is 0.246 e. The van der Waals surface area contributed by atoms with Gasteiger partial charge in [0.15, 0.2) is 0 Å². The molecule has 0 aliphatic carbocycles. The van der Waals surface area contributed by atoms with Gasteiger partial charge in [-0.2, -0.15) is 5.10 Å². The van der Waals surface area contributed by atoms with Crippen molar-refractivity contribution in [1.29, 1.82) is 0 Å². The molecule has 4 nitrogen and oxygen atoms in total. The van der Waals surface area contributed by atoms with Gasteiger partial charge in [-0.05, 0) is 40.2 Å². The minimum Gasteiger partial charge on any atom is -0.324 e. The van der Waals surface area contributed by atoms with Crippen molar-refractivity contribution in [2.45, 2.75) is 6.54 Å². The number of hydrogen-bond donors (Lipinski definition) is 1. The van der Waals surface area contributed by atoms with Crippen LogP contribution in [0.15, 0.2) is 41.1 Å². The van der Waals surface area contributed by atoms with E-state index in [0.29, 0.717) is 5.69 Å². The average Bonchev–Trinajstić information content (AvgIpc) is 2.67. The van der Waals surface area contributed by atoms with E-state index in [4.69, 9.17) is 0 Å². The van der Waals surface area contributed by atoms with Gasteiger partial charge < -0.3 is 5.32 Å². The number of benzene rings is 1. The molecule has 17 heavy (non-hydrogen) atoms. The minimum absolute atomic E-state index is 0.114. The van der Waals surface area contributed by atoms with E-state index >= 15 is 0 Å². The Hall–Kier alpha value is -1.69. The molecule has 1 amide bonds. The van der Waals surface area contributed by atoms with Crippen LogP contribution in [0.1, 0.15) is 0 Å². The monoisotopic (exact) mass is 297 g/mol. The van der Waals surface area contributed by atoms with Crippen LogP contribution < -0.4 is 5.32 Å². The molecule has 1 aromatic carbocycles. The van der Waals surface area contributed by atoms with Crippen molar-refractivity contribution in [1.82, 2.24) is 9.78 Å². The molecule has 88 valence electrons. The molecular weight excluding hydrogens is 289 g/mol. The Bertz CT molecular complexity index is 524. The third-order valence-corrected chi connectivity index (χ3v) is 2.44. The summed E-state index contributed by atoms with van der Waals surface area (Å²) in [6.07, 6.45) is 3.30. The second-order valence-corrected chi connectivity index (χ2v) is 4.33. The number of halogens is 2. The molecule has 0 aliphatic heterocycles. The summed E-state index contributed by atoms with van der Waals surface area (Å²) in [6.45, 7) is 0.114. The van der Waals surface area contributed by atoms with Crippen LogP contribution in [-0.4, -0.2) is 15.7 Å². The standard InChI is InChI=1S/C11H9BrFN3O/c12-8-5-14-16(6-8)7-11(17)15-10-3-1-9(13)2-4-10/h1-6H,7H2,(H,15,17). The second kappa shape index (κ2) is 5.09. The molecular formula is C11H9BrFN3O. The number of rotatable bonds is 3. The first-order valence-electron chi connectivity index (χ1n) is 4.87. The fraction of sp³-hybridized carbons (Fsp3) is 0.0909. The Labute approximate surface area is 106 Å². The van der Waals surface area contributed by atoms with Crippen molar-refractivity contribution in [3.05, 3.63) is 46.9 Å². The van der Waals surface area contributed by atoms with Crippen molar-refractivity contribution in [2.24, 2.45) is 0 Å². The van der Waals surface area contributed by atoms with Crippen molar-refractivity contribution in [2.75, 3.05) is 5.32 Å². The predicted octanol–water partition coefficient (Wildman–Crippen LogP) is 2.42. The number of aromatic nitrogens is 2. The number of nitrogens with one attached hydrogen (secondary N) is 1. The second-order valence-electron chi connectivity index (χ2n) is 3.41. The number of carbonyl (C=O) groups excluding carboxylic acids is 1. The van der Waals surface area contributed by atoms with Gasteiger partial charge in [-0.15, -0.1) is 0 Å². The van der Waals surface area contributed by atoms with E-state index in [2.05, 4.69) is 26.3 Å². The normalized spacial score (nSPS) is 10.2. The van der Waals surface area contributed by atoms with Crippen molar-refractivity contribution in [3.63, 3.8) is 0 Å². The Morgan fingerprint density at radius 2 is 2.12 bits per heavy atom. The first-order chi connectivity index (χ1) is 8.13. The summed E-state index contributed by atoms with van der Waals surface area (Å²) in [6, 6.07) is 5.60. The van der Waals surface area contributed by atoms with E-state index in [1.165, 1.54) is 28.9 Å². The highest BCUT2D eigenvalue weighted by molar-refractivity contribution is 9.10. The zero-order valence-electron chi connectivity index (χ0n) is 8.73. The van der Waals surface area contributed by atoms with E-state index in [-0.39, 0.29) is 18.3 Å². The highest BCUT2D eigenvalue weighted by Crippen LogP contribution is 2.09. The molecule has 1 aromatic heterocycles. The lowest BCUT2D eigenvalue weighted by atomic mass is 10.3. The maximum Gasteiger partial charge on any atom is 0.246 e. The first kappa shape index (κ1) is 11.8. The van der Waals surface area contributed by atoms with Crippen LogP contribution in [0, 0.1) is 5.82 Å². The van der Waals surface area contributed by atoms with Gasteiger partial charge in [0, 0.05) is 11.9 Å². The predicted molar refractivity (Wildman–Crippen MR) is 65.0 cm³/mol. The lowest BCUT2D eigenvalue weighted by Crippen LogP contribution is -2.18. The van der Waals surface area contributed by atoms with Crippen LogP contribution in [0.4, 0.5) is 10.1 Å². The van der Waals surface area contributed by atoms with E-state index in [9.17, 15) is 9.18 Å². The van der Waals surface area contributed by atoms with Gasteiger partial charge in [-0.1, -0.05) is 0 Å². The maximum absolute atomic E-state index is 12.6. The lowest BCUT2D eigenvalue weighted by molar-refractivity contribution is -0.116. The molecule has 0 unspecified atom stereocenters. The molecule has 2 aromatic rings. The molecule has 0 atom stereocenters.